The molecule has 0 radical (unpaired) electrons. The van der Waals surface area contributed by atoms with E-state index < -0.39 is 0 Å². The van der Waals surface area contributed by atoms with Crippen LogP contribution in [0.25, 0.3) is 0 Å². The lowest BCUT2D eigenvalue weighted by atomic mass is 9.79. The first-order valence-electron chi connectivity index (χ1n) is 7.19. The van der Waals surface area contributed by atoms with Crippen LogP contribution >= 0.6 is 0 Å². The zero-order valence-corrected chi connectivity index (χ0v) is 11.2. The van der Waals surface area contributed by atoms with Gasteiger partial charge in [-0.15, -0.1) is 0 Å². The molecule has 0 aromatic heterocycles. The van der Waals surface area contributed by atoms with Crippen molar-refractivity contribution in [3.8, 4) is 0 Å². The summed E-state index contributed by atoms with van der Waals surface area (Å²) in [5, 5.41) is 3.75. The van der Waals surface area contributed by atoms with Gasteiger partial charge in [-0.1, -0.05) is 24.3 Å². The number of aryl methyl sites for hydroxylation is 1. The predicted molar refractivity (Wildman–Crippen MR) is 73.7 cm³/mol. The molecule has 1 saturated carbocycles. The van der Waals surface area contributed by atoms with Crippen molar-refractivity contribution in [2.24, 2.45) is 0 Å². The highest BCUT2D eigenvalue weighted by atomic mass is 16.5. The molecule has 98 valence electrons. The molecular formula is C16H23NO. The minimum Gasteiger partial charge on any atom is -0.377 e. The number of hydrogen-bond acceptors (Lipinski definition) is 2. The summed E-state index contributed by atoms with van der Waals surface area (Å²) in [5.74, 6) is 0. The third-order valence-corrected chi connectivity index (χ3v) is 4.74. The van der Waals surface area contributed by atoms with E-state index in [4.69, 9.17) is 4.74 Å². The molecule has 1 aromatic carbocycles. The van der Waals surface area contributed by atoms with Crippen LogP contribution in [0, 0.1) is 0 Å². The number of methoxy groups -OCH3 is 1. The van der Waals surface area contributed by atoms with Gasteiger partial charge in [-0.3, -0.25) is 0 Å². The molecule has 2 aliphatic rings. The molecule has 0 bridgehead atoms. The quantitative estimate of drug-likeness (QED) is 0.879. The zero-order chi connectivity index (χ0) is 12.4. The number of benzene rings is 1. The lowest BCUT2D eigenvalue weighted by Gasteiger charge is -2.42. The Morgan fingerprint density at radius 1 is 1.28 bits per heavy atom. The molecule has 0 aliphatic heterocycles. The zero-order valence-electron chi connectivity index (χ0n) is 11.2. The first-order chi connectivity index (χ1) is 8.83. The fourth-order valence-corrected chi connectivity index (χ4v) is 3.30. The minimum atomic E-state index is 0.131. The summed E-state index contributed by atoms with van der Waals surface area (Å²) in [5.41, 5.74) is 3.17. The van der Waals surface area contributed by atoms with Crippen molar-refractivity contribution < 1.29 is 4.74 Å². The van der Waals surface area contributed by atoms with Crippen molar-refractivity contribution in [3.05, 3.63) is 35.4 Å². The van der Waals surface area contributed by atoms with Crippen molar-refractivity contribution in [3.63, 3.8) is 0 Å². The van der Waals surface area contributed by atoms with Crippen molar-refractivity contribution >= 4 is 0 Å². The number of hydrogen-bond donors (Lipinski definition) is 1. The van der Waals surface area contributed by atoms with E-state index in [1.165, 1.54) is 49.7 Å². The lowest BCUT2D eigenvalue weighted by molar-refractivity contribution is -0.0711. The normalized spacial score (nSPS) is 25.3. The summed E-state index contributed by atoms with van der Waals surface area (Å²) in [4.78, 5) is 0. The molecule has 1 atom stereocenters. The fraction of sp³-hybridized carbons (Fsp3) is 0.625. The summed E-state index contributed by atoms with van der Waals surface area (Å²) in [6, 6.07) is 9.41. The van der Waals surface area contributed by atoms with Crippen LogP contribution in [0.4, 0.5) is 0 Å². The maximum atomic E-state index is 5.69. The van der Waals surface area contributed by atoms with Crippen LogP contribution in [0.5, 0.6) is 0 Å². The van der Waals surface area contributed by atoms with E-state index >= 15 is 0 Å². The number of fused-ring (bicyclic) bond motifs is 1. The lowest BCUT2D eigenvalue weighted by Crippen LogP contribution is -2.49. The van der Waals surface area contributed by atoms with Gasteiger partial charge in [0.05, 0.1) is 5.60 Å². The monoisotopic (exact) mass is 245 g/mol. The smallest absolute Gasteiger partial charge is 0.0802 e. The summed E-state index contributed by atoms with van der Waals surface area (Å²) in [6.45, 7) is 1.00. The molecule has 18 heavy (non-hydrogen) atoms. The maximum absolute atomic E-state index is 5.69. The Kier molecular flexibility index (Phi) is 3.40. The Labute approximate surface area is 110 Å². The SMILES string of the molecule is COC1(CNC2CCCc3ccccc32)CCC1. The Morgan fingerprint density at radius 3 is 2.83 bits per heavy atom. The Balaban J connectivity index is 1.67. The van der Waals surface area contributed by atoms with Gasteiger partial charge >= 0.3 is 0 Å². The van der Waals surface area contributed by atoms with Crippen LogP contribution in [0.15, 0.2) is 24.3 Å². The van der Waals surface area contributed by atoms with Gasteiger partial charge < -0.3 is 10.1 Å². The van der Waals surface area contributed by atoms with Crippen LogP contribution in [-0.2, 0) is 11.2 Å². The summed E-state index contributed by atoms with van der Waals surface area (Å²) in [6.07, 6.45) is 7.54. The van der Waals surface area contributed by atoms with Gasteiger partial charge in [0.15, 0.2) is 0 Å². The second-order valence-corrected chi connectivity index (χ2v) is 5.77. The van der Waals surface area contributed by atoms with Crippen molar-refractivity contribution in [2.75, 3.05) is 13.7 Å². The molecule has 0 amide bonds. The molecule has 2 aliphatic carbocycles. The summed E-state index contributed by atoms with van der Waals surface area (Å²) in [7, 11) is 1.86. The molecule has 2 heteroatoms. The summed E-state index contributed by atoms with van der Waals surface area (Å²) < 4.78 is 5.69. The van der Waals surface area contributed by atoms with Gasteiger partial charge in [-0.05, 0) is 49.7 Å². The molecule has 0 heterocycles. The molecule has 1 unspecified atom stereocenters. The maximum Gasteiger partial charge on any atom is 0.0802 e. The fourth-order valence-electron chi connectivity index (χ4n) is 3.30. The molecule has 1 aromatic rings. The van der Waals surface area contributed by atoms with Gasteiger partial charge in [0.1, 0.15) is 0 Å². The van der Waals surface area contributed by atoms with Crippen molar-refractivity contribution in [1.29, 1.82) is 0 Å². The highest BCUT2D eigenvalue weighted by molar-refractivity contribution is 5.32. The number of ether oxygens (including phenoxy) is 1. The van der Waals surface area contributed by atoms with Gasteiger partial charge in [0.2, 0.25) is 0 Å². The van der Waals surface area contributed by atoms with E-state index in [2.05, 4.69) is 29.6 Å². The second-order valence-electron chi connectivity index (χ2n) is 5.77. The van der Waals surface area contributed by atoms with E-state index in [1.54, 1.807) is 0 Å². The Hall–Kier alpha value is -0.860. The second kappa shape index (κ2) is 5.02. The standard InChI is InChI=1S/C16H23NO/c1-18-16(10-5-11-16)12-17-15-9-4-7-13-6-2-3-8-14(13)15/h2-3,6,8,15,17H,4-5,7,9-12H2,1H3. The van der Waals surface area contributed by atoms with Crippen LogP contribution in [0.3, 0.4) is 0 Å². The molecule has 0 spiro atoms. The van der Waals surface area contributed by atoms with E-state index in [0.29, 0.717) is 6.04 Å². The van der Waals surface area contributed by atoms with Gasteiger partial charge in [-0.25, -0.2) is 0 Å². The highest BCUT2D eigenvalue weighted by Crippen LogP contribution is 2.36. The van der Waals surface area contributed by atoms with Crippen LogP contribution in [-0.4, -0.2) is 19.3 Å². The van der Waals surface area contributed by atoms with E-state index in [9.17, 15) is 0 Å². The molecule has 3 rings (SSSR count). The first-order valence-corrected chi connectivity index (χ1v) is 7.19. The number of nitrogens with one attached hydrogen (secondary N) is 1. The van der Waals surface area contributed by atoms with Gasteiger partial charge in [0.25, 0.3) is 0 Å². The van der Waals surface area contributed by atoms with E-state index in [1.807, 2.05) is 7.11 Å². The third-order valence-electron chi connectivity index (χ3n) is 4.74. The molecule has 2 nitrogen and oxygen atoms in total. The topological polar surface area (TPSA) is 21.3 Å². The Morgan fingerprint density at radius 2 is 2.11 bits per heavy atom. The van der Waals surface area contributed by atoms with Crippen LogP contribution in [0.2, 0.25) is 0 Å². The summed E-state index contributed by atoms with van der Waals surface area (Å²) >= 11 is 0. The van der Waals surface area contributed by atoms with Crippen molar-refractivity contribution in [1.82, 2.24) is 5.32 Å². The van der Waals surface area contributed by atoms with Gasteiger partial charge in [-0.2, -0.15) is 0 Å². The van der Waals surface area contributed by atoms with E-state index in [-0.39, 0.29) is 5.60 Å². The largest absolute Gasteiger partial charge is 0.377 e. The number of rotatable bonds is 4. The average Bonchev–Trinajstić information content (AvgIpc) is 2.38. The molecular weight excluding hydrogens is 222 g/mol. The molecule has 1 N–H and O–H groups in total. The highest BCUT2D eigenvalue weighted by Gasteiger charge is 2.37. The molecule has 0 saturated heterocycles. The predicted octanol–water partition coefficient (Wildman–Crippen LogP) is 3.22. The van der Waals surface area contributed by atoms with Crippen LogP contribution in [0.1, 0.15) is 49.3 Å². The third kappa shape index (κ3) is 2.19. The van der Waals surface area contributed by atoms with E-state index in [0.717, 1.165) is 6.54 Å². The van der Waals surface area contributed by atoms with Crippen molar-refractivity contribution in [2.45, 2.75) is 50.2 Å². The Bertz CT molecular complexity index is 406. The average molecular weight is 245 g/mol. The first kappa shape index (κ1) is 12.2. The minimum absolute atomic E-state index is 0.131. The van der Waals surface area contributed by atoms with Crippen LogP contribution < -0.4 is 5.32 Å². The molecule has 1 fully saturated rings. The van der Waals surface area contributed by atoms with Gasteiger partial charge in [0, 0.05) is 19.7 Å².